The lowest BCUT2D eigenvalue weighted by Crippen LogP contribution is -2.30. The Bertz CT molecular complexity index is 793. The molecule has 0 aliphatic rings. The Balaban J connectivity index is 2.03. The van der Waals surface area contributed by atoms with E-state index in [0.29, 0.717) is 11.6 Å². The summed E-state index contributed by atoms with van der Waals surface area (Å²) in [4.78, 5) is 23.3. The Labute approximate surface area is 141 Å². The van der Waals surface area contributed by atoms with E-state index in [0.717, 1.165) is 6.07 Å². The van der Waals surface area contributed by atoms with E-state index < -0.39 is 41.1 Å². The number of rotatable bonds is 5. The van der Waals surface area contributed by atoms with Crippen LogP contribution in [0.5, 0.6) is 5.75 Å². The molecule has 0 unspecified atom stereocenters. The van der Waals surface area contributed by atoms with Crippen LogP contribution in [0.4, 0.5) is 18.9 Å². The molecule has 0 saturated carbocycles. The van der Waals surface area contributed by atoms with Gasteiger partial charge in [-0.05, 0) is 43.3 Å². The first kappa shape index (κ1) is 18.3. The van der Waals surface area contributed by atoms with Crippen molar-refractivity contribution in [1.82, 2.24) is 0 Å². The van der Waals surface area contributed by atoms with E-state index in [1.165, 1.54) is 38.3 Å². The Kier molecular flexibility index (Phi) is 5.63. The molecule has 1 amide bonds. The van der Waals surface area contributed by atoms with Crippen molar-refractivity contribution in [3.05, 3.63) is 59.4 Å². The van der Waals surface area contributed by atoms with Crippen LogP contribution >= 0.6 is 0 Å². The fourth-order valence-corrected chi connectivity index (χ4v) is 1.90. The van der Waals surface area contributed by atoms with Crippen molar-refractivity contribution in [3.8, 4) is 5.75 Å². The van der Waals surface area contributed by atoms with Crippen molar-refractivity contribution < 1.29 is 32.2 Å². The Morgan fingerprint density at radius 2 is 1.64 bits per heavy atom. The molecule has 1 atom stereocenters. The Morgan fingerprint density at radius 1 is 1.00 bits per heavy atom. The van der Waals surface area contributed by atoms with E-state index in [9.17, 15) is 22.8 Å². The molecule has 5 nitrogen and oxygen atoms in total. The molecule has 0 aliphatic carbocycles. The van der Waals surface area contributed by atoms with Gasteiger partial charge in [-0.2, -0.15) is 0 Å². The molecule has 2 aromatic carbocycles. The molecule has 0 aromatic heterocycles. The van der Waals surface area contributed by atoms with Gasteiger partial charge in [-0.3, -0.25) is 4.79 Å². The van der Waals surface area contributed by atoms with Crippen molar-refractivity contribution in [1.29, 1.82) is 0 Å². The van der Waals surface area contributed by atoms with E-state index in [-0.39, 0.29) is 5.75 Å². The molecule has 132 valence electrons. The second-order valence-corrected chi connectivity index (χ2v) is 4.99. The van der Waals surface area contributed by atoms with E-state index >= 15 is 0 Å². The maximum atomic E-state index is 13.6. The fraction of sp³-hybridized carbons (Fsp3) is 0.176. The van der Waals surface area contributed by atoms with Gasteiger partial charge in [-0.25, -0.2) is 18.0 Å². The monoisotopic (exact) mass is 353 g/mol. The molecule has 1 N–H and O–H groups in total. The minimum atomic E-state index is -1.68. The van der Waals surface area contributed by atoms with Crippen molar-refractivity contribution in [3.63, 3.8) is 0 Å². The van der Waals surface area contributed by atoms with Crippen LogP contribution in [-0.4, -0.2) is 25.1 Å². The van der Waals surface area contributed by atoms with Crippen molar-refractivity contribution >= 4 is 17.6 Å². The molecular weight excluding hydrogens is 339 g/mol. The van der Waals surface area contributed by atoms with Crippen LogP contribution < -0.4 is 10.1 Å². The van der Waals surface area contributed by atoms with Gasteiger partial charge in [0.2, 0.25) is 0 Å². The van der Waals surface area contributed by atoms with Gasteiger partial charge in [0.25, 0.3) is 5.91 Å². The largest absolute Gasteiger partial charge is 0.481 e. The van der Waals surface area contributed by atoms with Crippen LogP contribution in [0.3, 0.4) is 0 Å². The van der Waals surface area contributed by atoms with Gasteiger partial charge in [-0.1, -0.05) is 0 Å². The highest BCUT2D eigenvalue weighted by Crippen LogP contribution is 2.20. The number of halogens is 3. The third kappa shape index (κ3) is 4.28. The molecule has 0 bridgehead atoms. The summed E-state index contributed by atoms with van der Waals surface area (Å²) in [7, 11) is 1.25. The number of carbonyl (C=O) groups excluding carboxylic acids is 2. The summed E-state index contributed by atoms with van der Waals surface area (Å²) in [6, 6.07) is 7.40. The lowest BCUT2D eigenvalue weighted by Gasteiger charge is -2.15. The smallest absolute Gasteiger partial charge is 0.337 e. The van der Waals surface area contributed by atoms with Crippen LogP contribution in [0, 0.1) is 17.5 Å². The predicted molar refractivity (Wildman–Crippen MR) is 82.8 cm³/mol. The van der Waals surface area contributed by atoms with E-state index in [1.807, 2.05) is 0 Å². The minimum absolute atomic E-state index is 0.279. The second-order valence-electron chi connectivity index (χ2n) is 4.99. The van der Waals surface area contributed by atoms with Crippen LogP contribution in [0.25, 0.3) is 0 Å². The lowest BCUT2D eigenvalue weighted by atomic mass is 10.2. The third-order valence-electron chi connectivity index (χ3n) is 3.25. The van der Waals surface area contributed by atoms with Crippen LogP contribution in [0.15, 0.2) is 36.4 Å². The molecule has 0 radical (unpaired) electrons. The number of benzene rings is 2. The number of nitrogens with one attached hydrogen (secondary N) is 1. The van der Waals surface area contributed by atoms with E-state index in [2.05, 4.69) is 10.1 Å². The molecule has 8 heteroatoms. The van der Waals surface area contributed by atoms with Crippen molar-refractivity contribution in [2.24, 2.45) is 0 Å². The average Bonchev–Trinajstić information content (AvgIpc) is 2.62. The molecule has 0 fully saturated rings. The zero-order valence-corrected chi connectivity index (χ0v) is 13.3. The maximum absolute atomic E-state index is 13.6. The summed E-state index contributed by atoms with van der Waals surface area (Å²) in [6.45, 7) is 1.39. The highest BCUT2D eigenvalue weighted by Gasteiger charge is 2.19. The number of methoxy groups -OCH3 is 1. The summed E-state index contributed by atoms with van der Waals surface area (Å²) in [5, 5.41) is 2.12. The highest BCUT2D eigenvalue weighted by molar-refractivity contribution is 5.94. The van der Waals surface area contributed by atoms with Gasteiger partial charge in [-0.15, -0.1) is 0 Å². The topological polar surface area (TPSA) is 64.6 Å². The third-order valence-corrected chi connectivity index (χ3v) is 3.25. The number of hydrogen-bond donors (Lipinski definition) is 1. The summed E-state index contributed by atoms with van der Waals surface area (Å²) in [5.74, 6) is -5.53. The minimum Gasteiger partial charge on any atom is -0.481 e. The van der Waals surface area contributed by atoms with Gasteiger partial charge in [0.1, 0.15) is 5.75 Å². The highest BCUT2D eigenvalue weighted by atomic mass is 19.2. The Hall–Kier alpha value is -3.03. The first-order chi connectivity index (χ1) is 11.8. The van der Waals surface area contributed by atoms with Gasteiger partial charge in [0.05, 0.1) is 18.4 Å². The summed E-state index contributed by atoms with van der Waals surface area (Å²) >= 11 is 0. The second kappa shape index (κ2) is 7.69. The van der Waals surface area contributed by atoms with Gasteiger partial charge >= 0.3 is 5.97 Å². The predicted octanol–water partition coefficient (Wildman–Crippen LogP) is 3.30. The van der Waals surface area contributed by atoms with Crippen LogP contribution in [0.1, 0.15) is 17.3 Å². The zero-order valence-electron chi connectivity index (χ0n) is 13.3. The van der Waals surface area contributed by atoms with Crippen LogP contribution in [-0.2, 0) is 9.53 Å². The van der Waals surface area contributed by atoms with Gasteiger partial charge in [0.15, 0.2) is 23.6 Å². The molecule has 0 heterocycles. The molecule has 2 rings (SSSR count). The first-order valence-electron chi connectivity index (χ1n) is 7.13. The number of hydrogen-bond acceptors (Lipinski definition) is 4. The summed E-state index contributed by atoms with van der Waals surface area (Å²) < 4.78 is 49.5. The van der Waals surface area contributed by atoms with Crippen molar-refractivity contribution in [2.45, 2.75) is 13.0 Å². The maximum Gasteiger partial charge on any atom is 0.337 e. The fourth-order valence-electron chi connectivity index (χ4n) is 1.90. The molecular formula is C17H14F3NO4. The molecule has 0 saturated heterocycles. The molecule has 25 heavy (non-hydrogen) atoms. The molecule has 2 aromatic rings. The lowest BCUT2D eigenvalue weighted by molar-refractivity contribution is -0.122. The molecule has 0 aliphatic heterocycles. The quantitative estimate of drug-likeness (QED) is 0.662. The van der Waals surface area contributed by atoms with Gasteiger partial charge < -0.3 is 14.8 Å². The summed E-state index contributed by atoms with van der Waals surface area (Å²) in [6.07, 6.45) is -1.06. The van der Waals surface area contributed by atoms with Crippen LogP contribution in [0.2, 0.25) is 0 Å². The number of esters is 1. The zero-order chi connectivity index (χ0) is 18.6. The summed E-state index contributed by atoms with van der Waals surface area (Å²) in [5.41, 5.74) is -0.198. The standard InChI is InChI=1S/C17H14F3NO4/c1-9(25-11-5-3-10(4-6-11)17(23)24-2)16(22)21-13-8-7-12(18)14(19)15(13)20/h3-9H,1-2H3,(H,21,22)/t9-/m1/s1. The first-order valence-corrected chi connectivity index (χ1v) is 7.13. The van der Waals surface area contributed by atoms with E-state index in [1.54, 1.807) is 0 Å². The Morgan fingerprint density at radius 3 is 2.24 bits per heavy atom. The number of ether oxygens (including phenoxy) is 2. The van der Waals surface area contributed by atoms with Crippen molar-refractivity contribution in [2.75, 3.05) is 12.4 Å². The number of carbonyl (C=O) groups is 2. The normalized spacial score (nSPS) is 11.6. The molecule has 0 spiro atoms. The average molecular weight is 353 g/mol. The SMILES string of the molecule is COC(=O)c1ccc(O[C@H](C)C(=O)Nc2ccc(F)c(F)c2F)cc1. The number of anilines is 1. The van der Waals surface area contributed by atoms with Gasteiger partial charge in [0, 0.05) is 0 Å². The number of amides is 1. The van der Waals surface area contributed by atoms with E-state index in [4.69, 9.17) is 4.74 Å².